The van der Waals surface area contributed by atoms with Crippen LogP contribution in [0.3, 0.4) is 0 Å². The highest BCUT2D eigenvalue weighted by Crippen LogP contribution is 2.34. The van der Waals surface area contributed by atoms with E-state index in [1.807, 2.05) is 57.2 Å². The highest BCUT2D eigenvalue weighted by Gasteiger charge is 2.28. The van der Waals surface area contributed by atoms with Crippen LogP contribution in [0.5, 0.6) is 17.2 Å². The van der Waals surface area contributed by atoms with E-state index in [1.165, 1.54) is 12.1 Å². The average molecular weight is 566 g/mol. The molecule has 3 aromatic carbocycles. The molecule has 8 nitrogen and oxygen atoms in total. The van der Waals surface area contributed by atoms with Crippen LogP contribution >= 0.6 is 0 Å². The van der Waals surface area contributed by atoms with E-state index in [0.29, 0.717) is 32.1 Å². The smallest absolute Gasteiger partial charge is 0.254 e. The Morgan fingerprint density at radius 3 is 2.25 bits per heavy atom. The molecular formula is C31H35NO7S. The van der Waals surface area contributed by atoms with Crippen LogP contribution in [0.1, 0.15) is 37.6 Å². The Labute approximate surface area is 235 Å². The van der Waals surface area contributed by atoms with Gasteiger partial charge in [0.15, 0.2) is 9.84 Å². The summed E-state index contributed by atoms with van der Waals surface area (Å²) in [4.78, 5) is 27.3. The highest BCUT2D eigenvalue weighted by molar-refractivity contribution is 7.92. The van der Waals surface area contributed by atoms with Gasteiger partial charge in [-0.1, -0.05) is 45.0 Å². The van der Waals surface area contributed by atoms with E-state index in [-0.39, 0.29) is 34.0 Å². The molecule has 1 heterocycles. The van der Waals surface area contributed by atoms with Gasteiger partial charge in [-0.15, -0.1) is 0 Å². The monoisotopic (exact) mass is 565 g/mol. The molecule has 0 bridgehead atoms. The Morgan fingerprint density at radius 2 is 1.60 bits per heavy atom. The van der Waals surface area contributed by atoms with Crippen molar-refractivity contribution in [2.75, 3.05) is 39.2 Å². The van der Waals surface area contributed by atoms with Crippen molar-refractivity contribution in [2.24, 2.45) is 5.41 Å². The number of carbonyl (C=O) groups is 2. The van der Waals surface area contributed by atoms with E-state index in [9.17, 15) is 18.0 Å². The Bertz CT molecular complexity index is 1470. The maximum Gasteiger partial charge on any atom is 0.254 e. The molecule has 1 aliphatic heterocycles. The van der Waals surface area contributed by atoms with Crippen molar-refractivity contribution < 1.29 is 32.2 Å². The minimum atomic E-state index is -4.12. The van der Waals surface area contributed by atoms with Gasteiger partial charge in [-0.25, -0.2) is 8.42 Å². The number of morpholine rings is 1. The second-order valence-corrected chi connectivity index (χ2v) is 12.9. The van der Waals surface area contributed by atoms with E-state index >= 15 is 0 Å². The molecule has 0 saturated carbocycles. The van der Waals surface area contributed by atoms with Crippen molar-refractivity contribution in [2.45, 2.75) is 32.1 Å². The quantitative estimate of drug-likeness (QED) is 0.342. The Hall–Kier alpha value is -3.69. The SMILES string of the molecule is COc1ccc(-c2cccc(Oc3ccc(C(=O)N4CCOCC4)cc3S(=O)(=O)CC(=O)CC(C)(C)C)c2)cc1. The minimum Gasteiger partial charge on any atom is -0.497 e. The molecule has 0 N–H and O–H groups in total. The molecule has 4 rings (SSSR count). The number of hydrogen-bond donors (Lipinski definition) is 0. The van der Waals surface area contributed by atoms with Gasteiger partial charge in [0.25, 0.3) is 5.91 Å². The average Bonchev–Trinajstić information content (AvgIpc) is 2.92. The fraction of sp³-hybridized carbons (Fsp3) is 0.355. The van der Waals surface area contributed by atoms with Gasteiger partial charge in [-0.05, 0) is 59.0 Å². The van der Waals surface area contributed by atoms with Crippen LogP contribution in [0.2, 0.25) is 0 Å². The van der Waals surface area contributed by atoms with Crippen molar-refractivity contribution in [3.8, 4) is 28.4 Å². The fourth-order valence-corrected chi connectivity index (χ4v) is 5.90. The molecule has 0 aromatic heterocycles. The maximum atomic E-state index is 13.6. The van der Waals surface area contributed by atoms with Gasteiger partial charge in [0, 0.05) is 25.1 Å². The van der Waals surface area contributed by atoms with Gasteiger partial charge in [-0.2, -0.15) is 0 Å². The Balaban J connectivity index is 1.68. The summed E-state index contributed by atoms with van der Waals surface area (Å²) in [6.45, 7) is 7.31. The molecule has 40 heavy (non-hydrogen) atoms. The molecule has 1 aliphatic rings. The predicted octanol–water partition coefficient (Wildman–Crippen LogP) is 5.41. The van der Waals surface area contributed by atoms with Gasteiger partial charge in [0.05, 0.1) is 20.3 Å². The molecule has 1 saturated heterocycles. The van der Waals surface area contributed by atoms with Crippen LogP contribution in [0.25, 0.3) is 11.1 Å². The molecular weight excluding hydrogens is 530 g/mol. The van der Waals surface area contributed by atoms with Gasteiger partial charge in [0.2, 0.25) is 0 Å². The van der Waals surface area contributed by atoms with Crippen LogP contribution in [0, 0.1) is 5.41 Å². The van der Waals surface area contributed by atoms with Crippen molar-refractivity contribution in [3.63, 3.8) is 0 Å². The number of methoxy groups -OCH3 is 1. The second kappa shape index (κ2) is 12.2. The fourth-order valence-electron chi connectivity index (χ4n) is 4.50. The molecule has 0 spiro atoms. The first-order valence-corrected chi connectivity index (χ1v) is 14.8. The molecule has 1 fully saturated rings. The third-order valence-electron chi connectivity index (χ3n) is 6.39. The summed E-state index contributed by atoms with van der Waals surface area (Å²) in [6, 6.07) is 19.1. The van der Waals surface area contributed by atoms with Crippen molar-refractivity contribution in [1.29, 1.82) is 0 Å². The third kappa shape index (κ3) is 7.49. The molecule has 0 atom stereocenters. The molecule has 0 aliphatic carbocycles. The number of nitrogens with zero attached hydrogens (tertiary/aromatic N) is 1. The van der Waals surface area contributed by atoms with E-state index < -0.39 is 21.4 Å². The summed E-state index contributed by atoms with van der Waals surface area (Å²) >= 11 is 0. The molecule has 212 valence electrons. The Morgan fingerprint density at radius 1 is 0.900 bits per heavy atom. The number of Topliss-reactive ketones (excluding diaryl/α,β-unsaturated/α-hetero) is 1. The number of hydrogen-bond acceptors (Lipinski definition) is 7. The largest absolute Gasteiger partial charge is 0.497 e. The van der Waals surface area contributed by atoms with Crippen LogP contribution in [0.15, 0.2) is 71.6 Å². The van der Waals surface area contributed by atoms with Crippen LogP contribution < -0.4 is 9.47 Å². The first-order chi connectivity index (χ1) is 18.9. The van der Waals surface area contributed by atoms with Crippen molar-refractivity contribution in [1.82, 2.24) is 4.90 Å². The zero-order chi connectivity index (χ0) is 28.9. The van der Waals surface area contributed by atoms with E-state index in [4.69, 9.17) is 14.2 Å². The van der Waals surface area contributed by atoms with E-state index in [0.717, 1.165) is 16.9 Å². The number of ether oxygens (including phenoxy) is 3. The lowest BCUT2D eigenvalue weighted by atomic mass is 9.90. The summed E-state index contributed by atoms with van der Waals surface area (Å²) in [5, 5.41) is 0. The lowest BCUT2D eigenvalue weighted by molar-refractivity contribution is -0.118. The maximum absolute atomic E-state index is 13.6. The molecule has 0 unspecified atom stereocenters. The number of rotatable bonds is 9. The van der Waals surface area contributed by atoms with Crippen LogP contribution in [-0.2, 0) is 19.4 Å². The summed E-state index contributed by atoms with van der Waals surface area (Å²) in [6.07, 6.45) is 0.110. The standard InChI is InChI=1S/C31H35NO7S/c1-31(2,3)20-25(33)21-40(35,36)29-19-24(30(34)32-14-16-38-17-15-32)10-13-28(29)39-27-7-5-6-23(18-27)22-8-11-26(37-4)12-9-22/h5-13,18-19H,14-17,20-21H2,1-4H3. The first kappa shape index (κ1) is 29.3. The molecule has 3 aromatic rings. The highest BCUT2D eigenvalue weighted by atomic mass is 32.2. The molecule has 1 amide bonds. The predicted molar refractivity (Wildman–Crippen MR) is 153 cm³/mol. The summed E-state index contributed by atoms with van der Waals surface area (Å²) < 4.78 is 43.8. The van der Waals surface area contributed by atoms with Gasteiger partial charge < -0.3 is 19.1 Å². The van der Waals surface area contributed by atoms with Gasteiger partial charge in [-0.3, -0.25) is 9.59 Å². The van der Waals surface area contributed by atoms with Crippen molar-refractivity contribution >= 4 is 21.5 Å². The minimum absolute atomic E-state index is 0.0500. The topological polar surface area (TPSA) is 99.2 Å². The van der Waals surface area contributed by atoms with Crippen molar-refractivity contribution in [3.05, 3.63) is 72.3 Å². The lowest BCUT2D eigenvalue weighted by Crippen LogP contribution is -2.40. The molecule has 0 radical (unpaired) electrons. The normalized spacial score (nSPS) is 14.1. The zero-order valence-electron chi connectivity index (χ0n) is 23.3. The zero-order valence-corrected chi connectivity index (χ0v) is 24.1. The van der Waals surface area contributed by atoms with Gasteiger partial charge in [0.1, 0.15) is 33.7 Å². The number of carbonyl (C=O) groups excluding carboxylic acids is 2. The summed E-state index contributed by atoms with van der Waals surface area (Å²) in [5.41, 5.74) is 1.65. The lowest BCUT2D eigenvalue weighted by Gasteiger charge is -2.27. The second-order valence-electron chi connectivity index (χ2n) is 11.0. The summed E-state index contributed by atoms with van der Waals surface area (Å²) in [5.74, 6) is -0.175. The molecule has 9 heteroatoms. The number of amides is 1. The van der Waals surface area contributed by atoms with E-state index in [2.05, 4.69) is 0 Å². The number of sulfone groups is 1. The van der Waals surface area contributed by atoms with Crippen LogP contribution in [-0.4, -0.2) is 64.2 Å². The Kier molecular flexibility index (Phi) is 8.95. The van der Waals surface area contributed by atoms with Crippen LogP contribution in [0.4, 0.5) is 0 Å². The summed E-state index contributed by atoms with van der Waals surface area (Å²) in [7, 11) is -2.52. The number of ketones is 1. The first-order valence-electron chi connectivity index (χ1n) is 13.1. The van der Waals surface area contributed by atoms with E-state index in [1.54, 1.807) is 30.2 Å². The number of benzene rings is 3. The van der Waals surface area contributed by atoms with Gasteiger partial charge >= 0.3 is 0 Å². The third-order valence-corrected chi connectivity index (χ3v) is 8.08.